The van der Waals surface area contributed by atoms with Crippen LogP contribution in [0.5, 0.6) is 5.75 Å². The predicted molar refractivity (Wildman–Crippen MR) is 125 cm³/mol. The van der Waals surface area contributed by atoms with Crippen molar-refractivity contribution in [2.75, 3.05) is 17.5 Å². The standard InChI is InChI=1S/C24H24FN3O4S/c1-2-16-32-20-14-12-19(13-15-20)17-26-27-24(29)18-28(23-11-7-6-10-22(23)25)33(30,31)21-8-4-3-5-9-21/h3-15,17H,2,16,18H2,1H3,(H,27,29)/b26-17-. The highest BCUT2D eigenvalue weighted by atomic mass is 32.2. The van der Waals surface area contributed by atoms with Gasteiger partial charge in [-0.2, -0.15) is 5.10 Å². The first-order valence-electron chi connectivity index (χ1n) is 10.3. The van der Waals surface area contributed by atoms with Crippen LogP contribution in [-0.4, -0.2) is 33.7 Å². The minimum absolute atomic E-state index is 0.0602. The molecule has 0 aliphatic heterocycles. The van der Waals surface area contributed by atoms with Crippen LogP contribution in [0.4, 0.5) is 10.1 Å². The first kappa shape index (κ1) is 23.9. The van der Waals surface area contributed by atoms with Crippen LogP contribution in [0.25, 0.3) is 0 Å². The number of sulfonamides is 1. The van der Waals surface area contributed by atoms with Crippen molar-refractivity contribution >= 4 is 27.8 Å². The number of carbonyl (C=O) groups is 1. The van der Waals surface area contributed by atoms with E-state index in [1.54, 1.807) is 42.5 Å². The molecule has 7 nitrogen and oxygen atoms in total. The number of hydrogen-bond acceptors (Lipinski definition) is 5. The maximum absolute atomic E-state index is 14.4. The molecular weight excluding hydrogens is 445 g/mol. The zero-order valence-electron chi connectivity index (χ0n) is 18.0. The maximum atomic E-state index is 14.4. The molecule has 172 valence electrons. The van der Waals surface area contributed by atoms with Crippen molar-refractivity contribution in [3.8, 4) is 5.75 Å². The van der Waals surface area contributed by atoms with Gasteiger partial charge < -0.3 is 4.74 Å². The molecule has 0 unspecified atom stereocenters. The quantitative estimate of drug-likeness (QED) is 0.360. The molecule has 0 aliphatic carbocycles. The number of benzene rings is 3. The van der Waals surface area contributed by atoms with Crippen molar-refractivity contribution in [1.82, 2.24) is 5.43 Å². The summed E-state index contributed by atoms with van der Waals surface area (Å²) in [5.74, 6) is -0.764. The molecule has 3 rings (SSSR count). The third kappa shape index (κ3) is 6.39. The number of halogens is 1. The molecule has 0 fully saturated rings. The molecule has 0 radical (unpaired) electrons. The Labute approximate surface area is 192 Å². The molecule has 1 amide bonds. The summed E-state index contributed by atoms with van der Waals surface area (Å²) in [6.07, 6.45) is 2.32. The van der Waals surface area contributed by atoms with Crippen molar-refractivity contribution in [3.63, 3.8) is 0 Å². The Bertz CT molecular complexity index is 1200. The second-order valence-corrected chi connectivity index (χ2v) is 8.85. The Morgan fingerprint density at radius 1 is 1.03 bits per heavy atom. The fraction of sp³-hybridized carbons (Fsp3) is 0.167. The van der Waals surface area contributed by atoms with Gasteiger partial charge in [-0.15, -0.1) is 0 Å². The highest BCUT2D eigenvalue weighted by Crippen LogP contribution is 2.25. The number of para-hydroxylation sites is 1. The van der Waals surface area contributed by atoms with Crippen LogP contribution in [0.15, 0.2) is 88.9 Å². The van der Waals surface area contributed by atoms with Gasteiger partial charge in [0.05, 0.1) is 23.4 Å². The number of carbonyl (C=O) groups excluding carboxylic acids is 1. The predicted octanol–water partition coefficient (Wildman–Crippen LogP) is 3.96. The van der Waals surface area contributed by atoms with Crippen LogP contribution in [0.2, 0.25) is 0 Å². The van der Waals surface area contributed by atoms with Gasteiger partial charge in [-0.3, -0.25) is 9.10 Å². The van der Waals surface area contributed by atoms with Crippen molar-refractivity contribution in [2.45, 2.75) is 18.2 Å². The van der Waals surface area contributed by atoms with E-state index in [-0.39, 0.29) is 10.6 Å². The van der Waals surface area contributed by atoms with Gasteiger partial charge in [0.15, 0.2) is 0 Å². The molecule has 0 saturated carbocycles. The smallest absolute Gasteiger partial charge is 0.264 e. The summed E-state index contributed by atoms with van der Waals surface area (Å²) in [5, 5.41) is 3.88. The maximum Gasteiger partial charge on any atom is 0.264 e. The van der Waals surface area contributed by atoms with Crippen LogP contribution in [0.3, 0.4) is 0 Å². The second kappa shape index (κ2) is 11.2. The Kier molecular flexibility index (Phi) is 8.15. The molecule has 1 N–H and O–H groups in total. The highest BCUT2D eigenvalue weighted by Gasteiger charge is 2.28. The minimum atomic E-state index is -4.19. The summed E-state index contributed by atoms with van der Waals surface area (Å²) in [6, 6.07) is 20.0. The summed E-state index contributed by atoms with van der Waals surface area (Å²) >= 11 is 0. The number of rotatable bonds is 10. The number of hydrogen-bond donors (Lipinski definition) is 1. The first-order valence-corrected chi connectivity index (χ1v) is 11.7. The molecule has 3 aromatic rings. The summed E-state index contributed by atoms with van der Waals surface area (Å²) < 4.78 is 47.0. The van der Waals surface area contributed by atoms with Crippen LogP contribution < -0.4 is 14.5 Å². The monoisotopic (exact) mass is 469 g/mol. The van der Waals surface area contributed by atoms with Crippen molar-refractivity contribution in [3.05, 3.63) is 90.2 Å². The SMILES string of the molecule is CCCOc1ccc(/C=N\NC(=O)CN(c2ccccc2F)S(=O)(=O)c2ccccc2)cc1. The van der Waals surface area contributed by atoms with E-state index in [0.717, 1.165) is 22.5 Å². The fourth-order valence-electron chi connectivity index (χ4n) is 2.89. The van der Waals surface area contributed by atoms with E-state index in [4.69, 9.17) is 4.74 Å². The normalized spacial score (nSPS) is 11.3. The van der Waals surface area contributed by atoms with Gasteiger partial charge in [-0.25, -0.2) is 18.2 Å². The lowest BCUT2D eigenvalue weighted by molar-refractivity contribution is -0.119. The Hall–Kier alpha value is -3.72. The molecule has 0 bridgehead atoms. The zero-order chi connectivity index (χ0) is 23.7. The van der Waals surface area contributed by atoms with Crippen molar-refractivity contribution < 1.29 is 22.3 Å². The average molecular weight is 470 g/mol. The number of hydrazone groups is 1. The Morgan fingerprint density at radius 3 is 2.36 bits per heavy atom. The molecule has 0 heterocycles. The summed E-state index contributed by atoms with van der Waals surface area (Å²) in [7, 11) is -4.19. The number of nitrogens with one attached hydrogen (secondary N) is 1. The summed E-state index contributed by atoms with van der Waals surface area (Å²) in [5.41, 5.74) is 2.77. The van der Waals surface area contributed by atoms with E-state index in [2.05, 4.69) is 10.5 Å². The van der Waals surface area contributed by atoms with Gasteiger partial charge in [-0.05, 0) is 60.5 Å². The zero-order valence-corrected chi connectivity index (χ0v) is 18.8. The lowest BCUT2D eigenvalue weighted by atomic mass is 10.2. The van der Waals surface area contributed by atoms with Crippen LogP contribution in [-0.2, 0) is 14.8 Å². The van der Waals surface area contributed by atoms with Gasteiger partial charge in [0.25, 0.3) is 15.9 Å². The van der Waals surface area contributed by atoms with Crippen LogP contribution >= 0.6 is 0 Å². The molecule has 9 heteroatoms. The molecule has 0 aromatic heterocycles. The molecule has 0 aliphatic rings. The Morgan fingerprint density at radius 2 is 1.70 bits per heavy atom. The number of amides is 1. The van der Waals surface area contributed by atoms with Gasteiger partial charge >= 0.3 is 0 Å². The highest BCUT2D eigenvalue weighted by molar-refractivity contribution is 7.92. The number of anilines is 1. The lowest BCUT2D eigenvalue weighted by Crippen LogP contribution is -2.40. The van der Waals surface area contributed by atoms with Crippen LogP contribution in [0, 0.1) is 5.82 Å². The third-order valence-electron chi connectivity index (χ3n) is 4.50. The molecular formula is C24H24FN3O4S. The lowest BCUT2D eigenvalue weighted by Gasteiger charge is -2.24. The number of ether oxygens (including phenoxy) is 1. The van der Waals surface area contributed by atoms with E-state index < -0.39 is 28.3 Å². The summed E-state index contributed by atoms with van der Waals surface area (Å²) in [4.78, 5) is 12.4. The van der Waals surface area contributed by atoms with E-state index in [0.29, 0.717) is 12.2 Å². The van der Waals surface area contributed by atoms with Crippen molar-refractivity contribution in [1.29, 1.82) is 0 Å². The topological polar surface area (TPSA) is 88.1 Å². The van der Waals surface area contributed by atoms with E-state index >= 15 is 0 Å². The van der Waals surface area contributed by atoms with Crippen molar-refractivity contribution in [2.24, 2.45) is 5.10 Å². The van der Waals surface area contributed by atoms with Gasteiger partial charge in [0.2, 0.25) is 0 Å². The van der Waals surface area contributed by atoms with E-state index in [1.165, 1.54) is 36.5 Å². The molecule has 0 saturated heterocycles. The molecule has 0 atom stereocenters. The fourth-order valence-corrected chi connectivity index (χ4v) is 4.34. The molecule has 33 heavy (non-hydrogen) atoms. The van der Waals surface area contributed by atoms with E-state index in [9.17, 15) is 17.6 Å². The molecule has 3 aromatic carbocycles. The first-order chi connectivity index (χ1) is 15.9. The van der Waals surface area contributed by atoms with Gasteiger partial charge in [-0.1, -0.05) is 37.3 Å². The Balaban J connectivity index is 1.74. The molecule has 0 spiro atoms. The van der Waals surface area contributed by atoms with E-state index in [1.807, 2.05) is 6.92 Å². The third-order valence-corrected chi connectivity index (χ3v) is 6.27. The largest absolute Gasteiger partial charge is 0.494 e. The number of nitrogens with zero attached hydrogens (tertiary/aromatic N) is 2. The summed E-state index contributed by atoms with van der Waals surface area (Å²) in [6.45, 7) is 1.98. The average Bonchev–Trinajstić information content (AvgIpc) is 2.83. The van der Waals surface area contributed by atoms with Crippen LogP contribution in [0.1, 0.15) is 18.9 Å². The minimum Gasteiger partial charge on any atom is -0.494 e. The van der Waals surface area contributed by atoms with Gasteiger partial charge in [0.1, 0.15) is 18.1 Å². The second-order valence-electron chi connectivity index (χ2n) is 6.99. The van der Waals surface area contributed by atoms with Gasteiger partial charge in [0, 0.05) is 0 Å².